The molecule has 124 valence electrons. The van der Waals surface area contributed by atoms with E-state index >= 15 is 0 Å². The quantitative estimate of drug-likeness (QED) is 0.629. The zero-order chi connectivity index (χ0) is 16.7. The van der Waals surface area contributed by atoms with Crippen LogP contribution in [0.15, 0.2) is 29.4 Å². The molecular formula is C16H20F2N4S. The van der Waals surface area contributed by atoms with Gasteiger partial charge in [-0.05, 0) is 44.0 Å². The van der Waals surface area contributed by atoms with Crippen molar-refractivity contribution in [3.05, 3.63) is 51.5 Å². The van der Waals surface area contributed by atoms with Crippen LogP contribution in [0, 0.1) is 18.6 Å². The van der Waals surface area contributed by atoms with Crippen molar-refractivity contribution in [3.8, 4) is 0 Å². The molecule has 0 aliphatic carbocycles. The fourth-order valence-electron chi connectivity index (χ4n) is 2.01. The van der Waals surface area contributed by atoms with Crippen LogP contribution in [0.1, 0.15) is 22.4 Å². The normalized spacial score (nSPS) is 11.6. The second kappa shape index (κ2) is 8.57. The van der Waals surface area contributed by atoms with Gasteiger partial charge in [0.1, 0.15) is 16.6 Å². The number of hydrogen-bond donors (Lipinski definition) is 2. The number of halogens is 2. The minimum absolute atomic E-state index is 0.351. The molecule has 23 heavy (non-hydrogen) atoms. The number of aliphatic imine (C=N–C) groups is 1. The molecule has 0 atom stereocenters. The summed E-state index contributed by atoms with van der Waals surface area (Å²) in [6.07, 6.45) is 2.20. The van der Waals surface area contributed by atoms with E-state index < -0.39 is 11.6 Å². The van der Waals surface area contributed by atoms with Gasteiger partial charge in [0.25, 0.3) is 0 Å². The van der Waals surface area contributed by atoms with Crippen molar-refractivity contribution in [2.45, 2.75) is 26.8 Å². The van der Waals surface area contributed by atoms with Gasteiger partial charge in [-0.25, -0.2) is 18.8 Å². The second-order valence-corrected chi connectivity index (χ2v) is 6.29. The van der Waals surface area contributed by atoms with E-state index in [1.165, 1.54) is 6.07 Å². The van der Waals surface area contributed by atoms with E-state index in [-0.39, 0.29) is 0 Å². The first kappa shape index (κ1) is 17.3. The van der Waals surface area contributed by atoms with Crippen LogP contribution in [0.3, 0.4) is 0 Å². The SMILES string of the molecule is CCNC(=NCc1ncc(C)s1)NCCc1cc(F)ccc1F. The molecule has 2 rings (SSSR count). The monoisotopic (exact) mass is 338 g/mol. The Morgan fingerprint density at radius 1 is 1.30 bits per heavy atom. The Labute approximate surface area is 138 Å². The lowest BCUT2D eigenvalue weighted by Crippen LogP contribution is -2.38. The Morgan fingerprint density at radius 2 is 2.13 bits per heavy atom. The van der Waals surface area contributed by atoms with E-state index in [2.05, 4.69) is 20.6 Å². The molecule has 1 aromatic carbocycles. The maximum Gasteiger partial charge on any atom is 0.191 e. The molecule has 0 amide bonds. The summed E-state index contributed by atoms with van der Waals surface area (Å²) in [5, 5.41) is 7.18. The minimum Gasteiger partial charge on any atom is -0.357 e. The molecule has 0 bridgehead atoms. The zero-order valence-electron chi connectivity index (χ0n) is 13.2. The number of thiazole rings is 1. The predicted molar refractivity (Wildman–Crippen MR) is 89.7 cm³/mol. The Balaban J connectivity index is 1.90. The molecule has 0 saturated heterocycles. The molecule has 7 heteroatoms. The Kier molecular flexibility index (Phi) is 6.46. The third kappa shape index (κ3) is 5.59. The number of aromatic nitrogens is 1. The lowest BCUT2D eigenvalue weighted by atomic mass is 10.1. The van der Waals surface area contributed by atoms with E-state index in [1.54, 1.807) is 11.3 Å². The number of guanidine groups is 1. The van der Waals surface area contributed by atoms with E-state index in [4.69, 9.17) is 0 Å². The third-order valence-corrected chi connectivity index (χ3v) is 3.98. The summed E-state index contributed by atoms with van der Waals surface area (Å²) in [6.45, 7) is 5.64. The predicted octanol–water partition coefficient (Wildman–Crippen LogP) is 3.03. The first-order chi connectivity index (χ1) is 11.1. The number of nitrogens with zero attached hydrogens (tertiary/aromatic N) is 2. The van der Waals surface area contributed by atoms with Crippen LogP contribution in [-0.4, -0.2) is 24.0 Å². The van der Waals surface area contributed by atoms with Crippen molar-refractivity contribution in [2.75, 3.05) is 13.1 Å². The van der Waals surface area contributed by atoms with Crippen molar-refractivity contribution in [2.24, 2.45) is 4.99 Å². The fourth-order valence-corrected chi connectivity index (χ4v) is 2.73. The first-order valence-electron chi connectivity index (χ1n) is 7.46. The van der Waals surface area contributed by atoms with Gasteiger partial charge in [0, 0.05) is 24.2 Å². The van der Waals surface area contributed by atoms with Crippen molar-refractivity contribution < 1.29 is 8.78 Å². The van der Waals surface area contributed by atoms with Crippen molar-refractivity contribution >= 4 is 17.3 Å². The van der Waals surface area contributed by atoms with Crippen LogP contribution in [0.4, 0.5) is 8.78 Å². The Morgan fingerprint density at radius 3 is 2.83 bits per heavy atom. The lowest BCUT2D eigenvalue weighted by molar-refractivity contribution is 0.583. The maximum absolute atomic E-state index is 13.6. The van der Waals surface area contributed by atoms with Crippen LogP contribution in [-0.2, 0) is 13.0 Å². The summed E-state index contributed by atoms with van der Waals surface area (Å²) >= 11 is 1.61. The van der Waals surface area contributed by atoms with Gasteiger partial charge in [0.05, 0.1) is 6.54 Å². The Bertz CT molecular complexity index is 670. The van der Waals surface area contributed by atoms with Gasteiger partial charge in [-0.15, -0.1) is 11.3 Å². The van der Waals surface area contributed by atoms with Crippen molar-refractivity contribution in [1.82, 2.24) is 15.6 Å². The average molecular weight is 338 g/mol. The average Bonchev–Trinajstić information content (AvgIpc) is 2.94. The molecular weight excluding hydrogens is 318 g/mol. The van der Waals surface area contributed by atoms with Crippen LogP contribution in [0.2, 0.25) is 0 Å². The van der Waals surface area contributed by atoms with Crippen molar-refractivity contribution in [1.29, 1.82) is 0 Å². The molecule has 0 saturated carbocycles. The third-order valence-electron chi connectivity index (χ3n) is 3.08. The van der Waals surface area contributed by atoms with Gasteiger partial charge >= 0.3 is 0 Å². The van der Waals surface area contributed by atoms with E-state index in [1.807, 2.05) is 20.0 Å². The maximum atomic E-state index is 13.6. The summed E-state index contributed by atoms with van der Waals surface area (Å²) < 4.78 is 26.7. The topological polar surface area (TPSA) is 49.3 Å². The first-order valence-corrected chi connectivity index (χ1v) is 8.27. The number of nitrogens with one attached hydrogen (secondary N) is 2. The molecule has 0 radical (unpaired) electrons. The largest absolute Gasteiger partial charge is 0.357 e. The molecule has 0 unspecified atom stereocenters. The molecule has 1 heterocycles. The second-order valence-electron chi connectivity index (χ2n) is 4.97. The van der Waals surface area contributed by atoms with E-state index in [9.17, 15) is 8.78 Å². The summed E-state index contributed by atoms with van der Waals surface area (Å²) in [5.41, 5.74) is 0.351. The fraction of sp³-hybridized carbons (Fsp3) is 0.375. The van der Waals surface area contributed by atoms with Crippen LogP contribution in [0.25, 0.3) is 0 Å². The van der Waals surface area contributed by atoms with Gasteiger partial charge < -0.3 is 10.6 Å². The number of hydrogen-bond acceptors (Lipinski definition) is 3. The molecule has 0 fully saturated rings. The Hall–Kier alpha value is -2.02. The highest BCUT2D eigenvalue weighted by atomic mass is 32.1. The number of rotatable bonds is 6. The zero-order valence-corrected chi connectivity index (χ0v) is 14.0. The van der Waals surface area contributed by atoms with Gasteiger partial charge in [-0.3, -0.25) is 0 Å². The summed E-state index contributed by atoms with van der Waals surface area (Å²) in [5.74, 6) is -0.188. The molecule has 0 spiro atoms. The number of benzene rings is 1. The van der Waals surface area contributed by atoms with Crippen LogP contribution < -0.4 is 10.6 Å². The van der Waals surface area contributed by atoms with Gasteiger partial charge in [0.2, 0.25) is 0 Å². The van der Waals surface area contributed by atoms with Crippen LogP contribution >= 0.6 is 11.3 Å². The molecule has 2 N–H and O–H groups in total. The van der Waals surface area contributed by atoms with Gasteiger partial charge in [0.15, 0.2) is 5.96 Å². The van der Waals surface area contributed by atoms with Crippen LogP contribution in [0.5, 0.6) is 0 Å². The van der Waals surface area contributed by atoms with Gasteiger partial charge in [-0.2, -0.15) is 0 Å². The highest BCUT2D eigenvalue weighted by Gasteiger charge is 2.05. The van der Waals surface area contributed by atoms with E-state index in [0.717, 1.165) is 28.6 Å². The summed E-state index contributed by atoms with van der Waals surface area (Å²) in [4.78, 5) is 9.85. The molecule has 0 aliphatic rings. The van der Waals surface area contributed by atoms with Crippen molar-refractivity contribution in [3.63, 3.8) is 0 Å². The number of aryl methyl sites for hydroxylation is 1. The van der Waals surface area contributed by atoms with Gasteiger partial charge in [-0.1, -0.05) is 0 Å². The summed E-state index contributed by atoms with van der Waals surface area (Å²) in [7, 11) is 0. The highest BCUT2D eigenvalue weighted by molar-refractivity contribution is 7.11. The molecule has 4 nitrogen and oxygen atoms in total. The lowest BCUT2D eigenvalue weighted by Gasteiger charge is -2.11. The smallest absolute Gasteiger partial charge is 0.191 e. The molecule has 2 aromatic rings. The standard InChI is InChI=1S/C16H20F2N4S/c1-3-19-16(22-10-15-21-9-11(2)23-15)20-7-6-12-8-13(17)4-5-14(12)18/h4-5,8-9H,3,6-7,10H2,1-2H3,(H2,19,20,22). The molecule has 1 aromatic heterocycles. The molecule has 0 aliphatic heterocycles. The summed E-state index contributed by atoms with van der Waals surface area (Å²) in [6, 6.07) is 3.49. The highest BCUT2D eigenvalue weighted by Crippen LogP contribution is 2.12. The minimum atomic E-state index is -0.430. The van der Waals surface area contributed by atoms with E-state index in [0.29, 0.717) is 31.0 Å².